The lowest BCUT2D eigenvalue weighted by Crippen LogP contribution is -2.35. The van der Waals surface area contributed by atoms with Crippen molar-refractivity contribution in [1.29, 1.82) is 0 Å². The minimum atomic E-state index is -0.121. The molecule has 30 heavy (non-hydrogen) atoms. The van der Waals surface area contributed by atoms with E-state index in [0.29, 0.717) is 23.2 Å². The van der Waals surface area contributed by atoms with Crippen molar-refractivity contribution in [3.05, 3.63) is 76.0 Å². The second kappa shape index (κ2) is 7.70. The highest BCUT2D eigenvalue weighted by Crippen LogP contribution is 2.30. The van der Waals surface area contributed by atoms with Crippen molar-refractivity contribution in [2.45, 2.75) is 18.9 Å². The molecule has 1 atom stereocenters. The van der Waals surface area contributed by atoms with Crippen molar-refractivity contribution in [1.82, 2.24) is 9.30 Å². The number of thiophene rings is 1. The number of fused-ring (bicyclic) bond motifs is 3. The summed E-state index contributed by atoms with van der Waals surface area (Å²) in [7, 11) is 1.81. The number of pyridine rings is 2. The van der Waals surface area contributed by atoms with Crippen LogP contribution in [0.5, 0.6) is 0 Å². The van der Waals surface area contributed by atoms with Gasteiger partial charge in [-0.05, 0) is 47.4 Å². The van der Waals surface area contributed by atoms with Gasteiger partial charge < -0.3 is 9.64 Å². The number of hydrogen-bond acceptors (Lipinski definition) is 4. The molecule has 6 heteroatoms. The van der Waals surface area contributed by atoms with Gasteiger partial charge in [0, 0.05) is 32.0 Å². The smallest absolute Gasteiger partial charge is 0.263 e. The molecule has 1 aromatic carbocycles. The van der Waals surface area contributed by atoms with Crippen LogP contribution < -0.4 is 5.56 Å². The van der Waals surface area contributed by atoms with Gasteiger partial charge in [-0.3, -0.25) is 14.0 Å². The molecular weight excluding hydrogens is 396 g/mol. The fourth-order valence-electron chi connectivity index (χ4n) is 4.18. The van der Waals surface area contributed by atoms with E-state index < -0.39 is 0 Å². The van der Waals surface area contributed by atoms with E-state index in [4.69, 9.17) is 4.74 Å². The molecule has 0 aliphatic carbocycles. The predicted octanol–water partition coefficient (Wildman–Crippen LogP) is 4.43. The largest absolute Gasteiger partial charge is 0.376 e. The van der Waals surface area contributed by atoms with E-state index >= 15 is 0 Å². The van der Waals surface area contributed by atoms with Crippen LogP contribution in [-0.2, 0) is 4.74 Å². The summed E-state index contributed by atoms with van der Waals surface area (Å²) in [5.41, 5.74) is 2.43. The second-order valence-corrected chi connectivity index (χ2v) is 8.62. The molecule has 0 spiro atoms. The normalized spacial score (nSPS) is 16.4. The van der Waals surface area contributed by atoms with Crippen LogP contribution in [0.15, 0.2) is 64.9 Å². The van der Waals surface area contributed by atoms with Crippen LogP contribution in [0, 0.1) is 0 Å². The standard InChI is InChI=1S/C24H22N2O3S/c1-25(15-18-8-5-12-29-18)23(27)20-14-19(16-6-3-2-4-7-16)24(28)26-11-9-17-10-13-30-22(17)21(20)26/h2-4,6-7,9-11,13-14,18H,5,8,12,15H2,1H3. The summed E-state index contributed by atoms with van der Waals surface area (Å²) in [4.78, 5) is 28.6. The van der Waals surface area contributed by atoms with Gasteiger partial charge in [0.25, 0.3) is 11.5 Å². The van der Waals surface area contributed by atoms with Gasteiger partial charge in [-0.1, -0.05) is 30.3 Å². The van der Waals surface area contributed by atoms with Crippen molar-refractivity contribution < 1.29 is 9.53 Å². The van der Waals surface area contributed by atoms with Gasteiger partial charge in [0.15, 0.2) is 0 Å². The van der Waals surface area contributed by atoms with Gasteiger partial charge in [-0.2, -0.15) is 0 Å². The number of amides is 1. The first kappa shape index (κ1) is 19.0. The highest BCUT2D eigenvalue weighted by atomic mass is 32.1. The summed E-state index contributed by atoms with van der Waals surface area (Å²) in [5, 5.41) is 3.02. The van der Waals surface area contributed by atoms with Gasteiger partial charge >= 0.3 is 0 Å². The summed E-state index contributed by atoms with van der Waals surface area (Å²) in [6.45, 7) is 1.30. The molecule has 1 saturated heterocycles. The number of carbonyl (C=O) groups is 1. The molecule has 5 nitrogen and oxygen atoms in total. The molecule has 1 aliphatic rings. The first-order chi connectivity index (χ1) is 14.6. The Morgan fingerprint density at radius 2 is 2.07 bits per heavy atom. The van der Waals surface area contributed by atoms with E-state index in [0.717, 1.165) is 35.1 Å². The second-order valence-electron chi connectivity index (χ2n) is 7.70. The fraction of sp³-hybridized carbons (Fsp3) is 0.250. The van der Waals surface area contributed by atoms with Gasteiger partial charge in [0.05, 0.1) is 21.9 Å². The zero-order valence-electron chi connectivity index (χ0n) is 16.7. The minimum Gasteiger partial charge on any atom is -0.376 e. The molecule has 0 bridgehead atoms. The number of rotatable bonds is 4. The molecular formula is C24H22N2O3S. The van der Waals surface area contributed by atoms with Crippen LogP contribution in [-0.4, -0.2) is 41.5 Å². The Balaban J connectivity index is 1.72. The maximum absolute atomic E-state index is 13.6. The van der Waals surface area contributed by atoms with Crippen molar-refractivity contribution in [2.75, 3.05) is 20.2 Å². The Morgan fingerprint density at radius 1 is 1.23 bits per heavy atom. The number of nitrogens with zero attached hydrogens (tertiary/aromatic N) is 2. The Morgan fingerprint density at radius 3 is 2.83 bits per heavy atom. The Kier molecular flexibility index (Phi) is 4.89. The monoisotopic (exact) mass is 418 g/mol. The average molecular weight is 419 g/mol. The minimum absolute atomic E-state index is 0.0759. The van der Waals surface area contributed by atoms with Crippen LogP contribution in [0.4, 0.5) is 0 Å². The Bertz CT molecular complexity index is 1290. The molecule has 1 fully saturated rings. The third-order valence-corrected chi connectivity index (χ3v) is 6.65. The maximum Gasteiger partial charge on any atom is 0.263 e. The fourth-order valence-corrected chi connectivity index (χ4v) is 5.12. The number of aromatic nitrogens is 1. The molecule has 4 aromatic rings. The first-order valence-corrected chi connectivity index (χ1v) is 11.0. The van der Waals surface area contributed by atoms with Gasteiger partial charge in [0.1, 0.15) is 0 Å². The number of carbonyl (C=O) groups excluding carboxylic acids is 1. The lowest BCUT2D eigenvalue weighted by atomic mass is 10.0. The number of hydrogen-bond donors (Lipinski definition) is 0. The van der Waals surface area contributed by atoms with Crippen LogP contribution in [0.3, 0.4) is 0 Å². The maximum atomic E-state index is 13.6. The van der Waals surface area contributed by atoms with Crippen LogP contribution in [0.1, 0.15) is 23.2 Å². The summed E-state index contributed by atoms with van der Waals surface area (Å²) in [5.74, 6) is -0.0962. The SMILES string of the molecule is CN(CC1CCCO1)C(=O)c1cc(-c2ccccc2)c(=O)n2ccc3ccsc3c12. The molecule has 1 unspecified atom stereocenters. The molecule has 5 rings (SSSR count). The number of benzene rings is 1. The van der Waals surface area contributed by atoms with E-state index in [-0.39, 0.29) is 17.6 Å². The molecule has 1 aliphatic heterocycles. The molecule has 0 saturated carbocycles. The van der Waals surface area contributed by atoms with Crippen molar-refractivity contribution in [3.8, 4) is 11.1 Å². The van der Waals surface area contributed by atoms with Crippen LogP contribution in [0.25, 0.3) is 26.7 Å². The highest BCUT2D eigenvalue weighted by molar-refractivity contribution is 7.18. The number of likely N-dealkylation sites (N-methyl/N-ethyl adjacent to an activating group) is 1. The summed E-state index contributed by atoms with van der Waals surface area (Å²) in [6, 6.07) is 15.2. The Hall–Kier alpha value is -2.96. The van der Waals surface area contributed by atoms with E-state index in [1.54, 1.807) is 32.9 Å². The van der Waals surface area contributed by atoms with Crippen LogP contribution in [0.2, 0.25) is 0 Å². The van der Waals surface area contributed by atoms with E-state index in [1.807, 2.05) is 54.9 Å². The topological polar surface area (TPSA) is 51.0 Å². The van der Waals surface area contributed by atoms with Gasteiger partial charge in [-0.25, -0.2) is 0 Å². The molecule has 0 radical (unpaired) electrons. The van der Waals surface area contributed by atoms with E-state index in [9.17, 15) is 9.59 Å². The Labute approximate surface area is 178 Å². The molecule has 0 N–H and O–H groups in total. The summed E-state index contributed by atoms with van der Waals surface area (Å²) >= 11 is 1.55. The molecule has 152 valence electrons. The molecule has 3 aromatic heterocycles. The van der Waals surface area contributed by atoms with E-state index in [1.165, 1.54) is 0 Å². The summed E-state index contributed by atoms with van der Waals surface area (Å²) in [6.07, 6.45) is 3.85. The zero-order valence-corrected chi connectivity index (χ0v) is 17.5. The van der Waals surface area contributed by atoms with Crippen molar-refractivity contribution in [3.63, 3.8) is 0 Å². The lowest BCUT2D eigenvalue weighted by molar-refractivity contribution is 0.0588. The van der Waals surface area contributed by atoms with Gasteiger partial charge in [0.2, 0.25) is 0 Å². The highest BCUT2D eigenvalue weighted by Gasteiger charge is 2.24. The van der Waals surface area contributed by atoms with Crippen LogP contribution >= 0.6 is 11.3 Å². The van der Waals surface area contributed by atoms with Crippen molar-refractivity contribution in [2.24, 2.45) is 0 Å². The first-order valence-electron chi connectivity index (χ1n) is 10.1. The molecule has 1 amide bonds. The summed E-state index contributed by atoms with van der Waals surface area (Å²) < 4.78 is 8.29. The van der Waals surface area contributed by atoms with Gasteiger partial charge in [-0.15, -0.1) is 11.3 Å². The third kappa shape index (κ3) is 3.22. The lowest BCUT2D eigenvalue weighted by Gasteiger charge is -2.22. The molecule has 4 heterocycles. The predicted molar refractivity (Wildman–Crippen MR) is 120 cm³/mol. The quantitative estimate of drug-likeness (QED) is 0.493. The zero-order chi connectivity index (χ0) is 20.7. The van der Waals surface area contributed by atoms with Crippen molar-refractivity contribution >= 4 is 32.8 Å². The van der Waals surface area contributed by atoms with E-state index in [2.05, 4.69) is 0 Å². The number of ether oxygens (including phenoxy) is 1. The average Bonchev–Trinajstić information content (AvgIpc) is 3.46. The third-order valence-electron chi connectivity index (χ3n) is 5.71.